The zero-order chi connectivity index (χ0) is 23.0. The van der Waals surface area contributed by atoms with Crippen LogP contribution in [0.15, 0.2) is 24.4 Å². The van der Waals surface area contributed by atoms with Crippen LogP contribution >= 0.6 is 0 Å². The molecule has 2 aromatic heterocycles. The molecule has 3 rings (SSSR count). The number of hydrogen-bond donors (Lipinski definition) is 2. The number of benzene rings is 1. The summed E-state index contributed by atoms with van der Waals surface area (Å²) in [6.45, 7) is 7.62. The summed E-state index contributed by atoms with van der Waals surface area (Å²) in [6, 6.07) is 3.49. The molecule has 0 amide bonds. The number of rotatable bonds is 7. The third kappa shape index (κ3) is 5.07. The number of carbonyl (C=O) groups is 1. The summed E-state index contributed by atoms with van der Waals surface area (Å²) in [5.41, 5.74) is 0.0430. The molecule has 0 aliphatic rings. The number of imidazole rings is 1. The zero-order valence-corrected chi connectivity index (χ0v) is 18.5. The lowest BCUT2D eigenvalue weighted by Gasteiger charge is -2.13. The summed E-state index contributed by atoms with van der Waals surface area (Å²) in [6.07, 6.45) is 1.44. The van der Waals surface area contributed by atoms with E-state index in [0.717, 1.165) is 18.0 Å². The number of pyridine rings is 1. The maximum absolute atomic E-state index is 14.8. The Morgan fingerprint density at radius 2 is 1.94 bits per heavy atom. The number of aromatic nitrogens is 3. The molecule has 0 saturated carbocycles. The smallest absolute Gasteiger partial charge is 0.232 e. The summed E-state index contributed by atoms with van der Waals surface area (Å²) in [5, 5.41) is 0. The van der Waals surface area contributed by atoms with Crippen LogP contribution < -0.4 is 4.72 Å². The van der Waals surface area contributed by atoms with Gasteiger partial charge in [-0.05, 0) is 30.2 Å². The van der Waals surface area contributed by atoms with Crippen LogP contribution in [0.4, 0.5) is 14.5 Å². The van der Waals surface area contributed by atoms with Gasteiger partial charge in [-0.1, -0.05) is 27.7 Å². The first-order valence-corrected chi connectivity index (χ1v) is 11.4. The summed E-state index contributed by atoms with van der Waals surface area (Å²) >= 11 is 0. The number of carbonyl (C=O) groups excluding carboxylic acids is 1. The molecule has 3 aromatic rings. The van der Waals surface area contributed by atoms with Crippen molar-refractivity contribution >= 4 is 32.7 Å². The molecule has 0 radical (unpaired) electrons. The van der Waals surface area contributed by atoms with Crippen molar-refractivity contribution in [3.63, 3.8) is 0 Å². The first kappa shape index (κ1) is 22.8. The molecule has 0 bridgehead atoms. The zero-order valence-electron chi connectivity index (χ0n) is 17.7. The quantitative estimate of drug-likeness (QED) is 0.527. The highest BCUT2D eigenvalue weighted by molar-refractivity contribution is 7.92. The van der Waals surface area contributed by atoms with E-state index in [9.17, 15) is 22.0 Å². The van der Waals surface area contributed by atoms with Gasteiger partial charge in [-0.15, -0.1) is 0 Å². The van der Waals surface area contributed by atoms with Crippen LogP contribution in [-0.2, 0) is 21.9 Å². The van der Waals surface area contributed by atoms with Gasteiger partial charge in [0.1, 0.15) is 11.6 Å². The lowest BCUT2D eigenvalue weighted by atomic mass is 9.96. The molecule has 0 atom stereocenters. The number of anilines is 1. The van der Waals surface area contributed by atoms with E-state index in [1.807, 2.05) is 20.8 Å². The van der Waals surface area contributed by atoms with Gasteiger partial charge in [0.25, 0.3) is 0 Å². The van der Waals surface area contributed by atoms with Gasteiger partial charge in [0.2, 0.25) is 10.0 Å². The fourth-order valence-corrected chi connectivity index (χ4v) is 4.18. The van der Waals surface area contributed by atoms with E-state index >= 15 is 0 Å². The minimum atomic E-state index is -3.80. The van der Waals surface area contributed by atoms with Gasteiger partial charge in [-0.3, -0.25) is 9.52 Å². The van der Waals surface area contributed by atoms with Gasteiger partial charge in [-0.25, -0.2) is 27.2 Å². The van der Waals surface area contributed by atoms with Gasteiger partial charge >= 0.3 is 0 Å². The Morgan fingerprint density at radius 3 is 2.58 bits per heavy atom. The van der Waals surface area contributed by atoms with Gasteiger partial charge in [0.15, 0.2) is 17.2 Å². The number of ketones is 1. The topological polar surface area (TPSA) is 105 Å². The maximum atomic E-state index is 14.8. The van der Waals surface area contributed by atoms with Crippen molar-refractivity contribution in [3.8, 4) is 0 Å². The molecule has 0 spiro atoms. The number of hydrogen-bond acceptors (Lipinski definition) is 5. The molecular weight excluding hydrogens is 426 g/mol. The highest BCUT2D eigenvalue weighted by Gasteiger charge is 2.24. The summed E-state index contributed by atoms with van der Waals surface area (Å²) in [4.78, 5) is 24.5. The highest BCUT2D eigenvalue weighted by Crippen LogP contribution is 2.25. The second-order valence-electron chi connectivity index (χ2n) is 8.35. The lowest BCUT2D eigenvalue weighted by Crippen LogP contribution is -2.19. The number of H-pyrrole nitrogens is 1. The average molecular weight is 451 g/mol. The van der Waals surface area contributed by atoms with E-state index in [4.69, 9.17) is 0 Å². The van der Waals surface area contributed by atoms with E-state index in [1.165, 1.54) is 6.20 Å². The summed E-state index contributed by atoms with van der Waals surface area (Å²) in [7, 11) is -3.80. The first-order valence-electron chi connectivity index (χ1n) is 9.78. The third-order valence-corrected chi connectivity index (χ3v) is 6.05. The average Bonchev–Trinajstić information content (AvgIpc) is 3.08. The second kappa shape index (κ2) is 8.33. The van der Waals surface area contributed by atoms with Gasteiger partial charge in [-0.2, -0.15) is 0 Å². The van der Waals surface area contributed by atoms with Crippen molar-refractivity contribution in [1.29, 1.82) is 0 Å². The number of Topliss-reactive ketones (excluding diaryl/α,β-unsaturated/α-hetero) is 1. The molecule has 0 fully saturated rings. The molecule has 166 valence electrons. The van der Waals surface area contributed by atoms with Crippen LogP contribution in [0.25, 0.3) is 11.2 Å². The molecule has 2 N–H and O–H groups in total. The molecule has 1 aromatic carbocycles. The Morgan fingerprint density at radius 1 is 1.23 bits per heavy atom. The predicted molar refractivity (Wildman–Crippen MR) is 115 cm³/mol. The van der Waals surface area contributed by atoms with Crippen LogP contribution in [0.1, 0.15) is 55.9 Å². The van der Waals surface area contributed by atoms with Gasteiger partial charge in [0.05, 0.1) is 22.5 Å². The standard InChI is InChI=1S/C21H24F2N4O3S/c1-5-8-31(29,30)27-14-7-6-13(22)17(18(14)23)16(28)10-12-9-15-19(24-11-12)26-20(25-15)21(2,3)4/h6-7,9,11,27H,5,8,10H2,1-4H3,(H,24,25,26). The monoisotopic (exact) mass is 450 g/mol. The Balaban J connectivity index is 1.90. The van der Waals surface area contributed by atoms with Crippen LogP contribution in [0.3, 0.4) is 0 Å². The Hall–Kier alpha value is -2.88. The highest BCUT2D eigenvalue weighted by atomic mass is 32.2. The summed E-state index contributed by atoms with van der Waals surface area (Å²) in [5.74, 6) is -2.63. The van der Waals surface area contributed by atoms with Crippen molar-refractivity contribution in [2.24, 2.45) is 0 Å². The van der Waals surface area contributed by atoms with Crippen LogP contribution in [-0.4, -0.2) is 34.9 Å². The Bertz CT molecular complexity index is 1250. The molecule has 7 nitrogen and oxygen atoms in total. The van der Waals surface area contributed by atoms with E-state index in [-0.39, 0.29) is 17.6 Å². The molecule has 31 heavy (non-hydrogen) atoms. The molecule has 0 aliphatic carbocycles. The SMILES string of the molecule is CCCS(=O)(=O)Nc1ccc(F)c(C(=O)Cc2cnc3nc(C(C)(C)C)[nH]c3c2)c1F. The van der Waals surface area contributed by atoms with Crippen LogP contribution in [0.2, 0.25) is 0 Å². The maximum Gasteiger partial charge on any atom is 0.232 e. The van der Waals surface area contributed by atoms with Crippen molar-refractivity contribution in [1.82, 2.24) is 15.0 Å². The van der Waals surface area contributed by atoms with Crippen molar-refractivity contribution in [2.45, 2.75) is 46.0 Å². The number of nitrogens with zero attached hydrogens (tertiary/aromatic N) is 2. The Labute approximate surface area is 179 Å². The fourth-order valence-electron chi connectivity index (χ4n) is 3.04. The van der Waals surface area contributed by atoms with Crippen molar-refractivity contribution in [3.05, 3.63) is 53.0 Å². The third-order valence-electron chi connectivity index (χ3n) is 4.58. The molecule has 0 aliphatic heterocycles. The van der Waals surface area contributed by atoms with Crippen molar-refractivity contribution < 1.29 is 22.0 Å². The van der Waals surface area contributed by atoms with E-state index in [2.05, 4.69) is 19.7 Å². The van der Waals surface area contributed by atoms with E-state index < -0.39 is 38.7 Å². The number of halogens is 2. The molecule has 0 unspecified atom stereocenters. The minimum Gasteiger partial charge on any atom is -0.340 e. The minimum absolute atomic E-state index is 0.223. The largest absolute Gasteiger partial charge is 0.340 e. The van der Waals surface area contributed by atoms with Crippen molar-refractivity contribution in [2.75, 3.05) is 10.5 Å². The number of nitrogens with one attached hydrogen (secondary N) is 2. The van der Waals surface area contributed by atoms with Gasteiger partial charge in [0, 0.05) is 18.0 Å². The number of fused-ring (bicyclic) bond motifs is 1. The fraction of sp³-hybridized carbons (Fsp3) is 0.381. The first-order chi connectivity index (χ1) is 14.4. The van der Waals surface area contributed by atoms with Crippen LogP contribution in [0, 0.1) is 11.6 Å². The lowest BCUT2D eigenvalue weighted by molar-refractivity contribution is 0.0985. The Kier molecular flexibility index (Phi) is 6.13. The van der Waals surface area contributed by atoms with E-state index in [1.54, 1.807) is 13.0 Å². The normalized spacial score (nSPS) is 12.3. The summed E-state index contributed by atoms with van der Waals surface area (Å²) < 4.78 is 55.0. The number of aromatic amines is 1. The number of sulfonamides is 1. The molecule has 10 heteroatoms. The van der Waals surface area contributed by atoms with E-state index in [0.29, 0.717) is 23.1 Å². The predicted octanol–water partition coefficient (Wildman–Crippen LogP) is 4.11. The van der Waals surface area contributed by atoms with Crippen LogP contribution in [0.5, 0.6) is 0 Å². The molecule has 0 saturated heterocycles. The second-order valence-corrected chi connectivity index (χ2v) is 10.2. The molecule has 2 heterocycles. The molecular formula is C21H24F2N4O3S. The van der Waals surface area contributed by atoms with Gasteiger partial charge < -0.3 is 4.98 Å².